The Labute approximate surface area is 140 Å². The number of thiazole rings is 1. The maximum atomic E-state index is 12.8. The molecule has 7 heteroatoms. The Morgan fingerprint density at radius 3 is 2.78 bits per heavy atom. The Hall–Kier alpha value is -2.18. The number of ether oxygens (including phenoxy) is 1. The Kier molecular flexibility index (Phi) is 4.45. The van der Waals surface area contributed by atoms with Crippen LogP contribution >= 0.6 is 22.9 Å². The van der Waals surface area contributed by atoms with Gasteiger partial charge >= 0.3 is 0 Å². The molecule has 0 unspecified atom stereocenters. The average molecular weight is 351 g/mol. The molecule has 0 spiro atoms. The molecule has 3 rings (SSSR count). The van der Waals surface area contributed by atoms with Gasteiger partial charge in [-0.05, 0) is 49.4 Å². The molecule has 4 nitrogen and oxygen atoms in total. The first-order chi connectivity index (χ1) is 11.0. The van der Waals surface area contributed by atoms with Crippen molar-refractivity contribution in [3.63, 3.8) is 0 Å². The molecule has 23 heavy (non-hydrogen) atoms. The number of nitrogens with one attached hydrogen (secondary N) is 1. The smallest absolute Gasteiger partial charge is 0.266 e. The zero-order valence-corrected chi connectivity index (χ0v) is 13.6. The van der Waals surface area contributed by atoms with Gasteiger partial charge in [0.15, 0.2) is 11.2 Å². The summed E-state index contributed by atoms with van der Waals surface area (Å²) >= 11 is 7.26. The van der Waals surface area contributed by atoms with Crippen molar-refractivity contribution in [3.05, 3.63) is 53.3 Å². The second-order valence-electron chi connectivity index (χ2n) is 4.83. The fourth-order valence-corrected chi connectivity index (χ4v) is 3.07. The van der Waals surface area contributed by atoms with Gasteiger partial charge < -0.3 is 4.74 Å². The van der Waals surface area contributed by atoms with E-state index in [1.54, 1.807) is 25.1 Å². The highest BCUT2D eigenvalue weighted by molar-refractivity contribution is 7.22. The van der Waals surface area contributed by atoms with Crippen LogP contribution in [-0.2, 0) is 4.79 Å². The minimum atomic E-state index is -0.740. The summed E-state index contributed by atoms with van der Waals surface area (Å²) in [6.07, 6.45) is -0.740. The number of nitrogens with zero attached hydrogens (tertiary/aromatic N) is 1. The number of fused-ring (bicyclic) bond motifs is 1. The highest BCUT2D eigenvalue weighted by Gasteiger charge is 2.17. The Morgan fingerprint density at radius 1 is 1.30 bits per heavy atom. The van der Waals surface area contributed by atoms with Gasteiger partial charge in [0.05, 0.1) is 10.2 Å². The fraction of sp³-hybridized carbons (Fsp3) is 0.125. The van der Waals surface area contributed by atoms with Crippen LogP contribution in [0.1, 0.15) is 6.92 Å². The molecule has 3 aromatic rings. The van der Waals surface area contributed by atoms with E-state index in [-0.39, 0.29) is 11.7 Å². The number of carbonyl (C=O) groups is 1. The highest BCUT2D eigenvalue weighted by atomic mass is 35.5. The van der Waals surface area contributed by atoms with E-state index < -0.39 is 6.10 Å². The van der Waals surface area contributed by atoms with E-state index >= 15 is 0 Å². The van der Waals surface area contributed by atoms with Crippen molar-refractivity contribution in [3.8, 4) is 5.75 Å². The number of amides is 1. The van der Waals surface area contributed by atoms with Crippen molar-refractivity contribution in [2.24, 2.45) is 0 Å². The predicted molar refractivity (Wildman–Crippen MR) is 89.7 cm³/mol. The molecule has 1 atom stereocenters. The van der Waals surface area contributed by atoms with E-state index in [2.05, 4.69) is 10.3 Å². The molecule has 0 aliphatic heterocycles. The summed E-state index contributed by atoms with van der Waals surface area (Å²) in [5.74, 6) is -0.271. The molecule has 0 fully saturated rings. The van der Waals surface area contributed by atoms with Crippen molar-refractivity contribution >= 4 is 44.2 Å². The van der Waals surface area contributed by atoms with Crippen LogP contribution < -0.4 is 10.1 Å². The SMILES string of the molecule is C[C@@H](Oc1ccc(F)cc1)C(=O)Nc1nc2ccc(Cl)cc2s1. The largest absolute Gasteiger partial charge is 0.481 e. The summed E-state index contributed by atoms with van der Waals surface area (Å²) in [4.78, 5) is 16.5. The molecule has 1 N–H and O–H groups in total. The topological polar surface area (TPSA) is 51.2 Å². The van der Waals surface area contributed by atoms with Crippen LogP contribution in [0.25, 0.3) is 10.2 Å². The third-order valence-corrected chi connectivity index (χ3v) is 4.25. The molecule has 1 aromatic heterocycles. The number of aromatic nitrogens is 1. The maximum Gasteiger partial charge on any atom is 0.266 e. The van der Waals surface area contributed by atoms with Gasteiger partial charge in [0.1, 0.15) is 11.6 Å². The zero-order chi connectivity index (χ0) is 16.4. The van der Waals surface area contributed by atoms with Crippen molar-refractivity contribution < 1.29 is 13.9 Å². The van der Waals surface area contributed by atoms with E-state index in [4.69, 9.17) is 16.3 Å². The summed E-state index contributed by atoms with van der Waals surface area (Å²) < 4.78 is 19.2. The Morgan fingerprint density at radius 2 is 2.04 bits per heavy atom. The van der Waals surface area contributed by atoms with Gasteiger partial charge in [0, 0.05) is 5.02 Å². The molecular formula is C16H12ClFN2O2S. The second kappa shape index (κ2) is 6.52. The third kappa shape index (κ3) is 3.78. The summed E-state index contributed by atoms with van der Waals surface area (Å²) in [5.41, 5.74) is 0.766. The lowest BCUT2D eigenvalue weighted by atomic mass is 10.3. The second-order valence-corrected chi connectivity index (χ2v) is 6.30. The number of halogens is 2. The molecule has 0 aliphatic rings. The quantitative estimate of drug-likeness (QED) is 0.754. The summed E-state index contributed by atoms with van der Waals surface area (Å²) in [6, 6.07) is 10.8. The van der Waals surface area contributed by atoms with Crippen molar-refractivity contribution in [2.75, 3.05) is 5.32 Å². The van der Waals surface area contributed by atoms with Crippen LogP contribution in [0, 0.1) is 5.82 Å². The lowest BCUT2D eigenvalue weighted by molar-refractivity contribution is -0.122. The highest BCUT2D eigenvalue weighted by Crippen LogP contribution is 2.28. The normalized spacial score (nSPS) is 12.1. The first-order valence-corrected chi connectivity index (χ1v) is 8.00. The molecule has 0 radical (unpaired) electrons. The maximum absolute atomic E-state index is 12.8. The summed E-state index contributed by atoms with van der Waals surface area (Å²) in [6.45, 7) is 1.61. The van der Waals surface area contributed by atoms with Gasteiger partial charge in [0.25, 0.3) is 5.91 Å². The van der Waals surface area contributed by atoms with E-state index in [1.807, 2.05) is 0 Å². The lowest BCUT2D eigenvalue weighted by Crippen LogP contribution is -2.30. The number of rotatable bonds is 4. The van der Waals surface area contributed by atoms with Crippen LogP contribution in [0.2, 0.25) is 5.02 Å². The van der Waals surface area contributed by atoms with Crippen LogP contribution in [-0.4, -0.2) is 17.0 Å². The fourth-order valence-electron chi connectivity index (χ4n) is 1.93. The van der Waals surface area contributed by atoms with Gasteiger partial charge in [-0.25, -0.2) is 9.37 Å². The molecule has 1 heterocycles. The van der Waals surface area contributed by atoms with E-state index in [0.29, 0.717) is 15.9 Å². The average Bonchev–Trinajstić information content (AvgIpc) is 2.90. The van der Waals surface area contributed by atoms with Crippen LogP contribution in [0.3, 0.4) is 0 Å². The summed E-state index contributed by atoms with van der Waals surface area (Å²) in [7, 11) is 0. The van der Waals surface area contributed by atoms with Crippen LogP contribution in [0.4, 0.5) is 9.52 Å². The molecule has 0 saturated carbocycles. The third-order valence-electron chi connectivity index (χ3n) is 3.08. The number of hydrogen-bond donors (Lipinski definition) is 1. The molecular weight excluding hydrogens is 339 g/mol. The first kappa shape index (κ1) is 15.7. The number of anilines is 1. The van der Waals surface area contributed by atoms with E-state index in [9.17, 15) is 9.18 Å². The van der Waals surface area contributed by atoms with E-state index in [0.717, 1.165) is 10.2 Å². The van der Waals surface area contributed by atoms with Crippen molar-refractivity contribution in [1.29, 1.82) is 0 Å². The molecule has 118 valence electrons. The molecule has 0 saturated heterocycles. The predicted octanol–water partition coefficient (Wildman–Crippen LogP) is 4.49. The van der Waals surface area contributed by atoms with Crippen LogP contribution in [0.5, 0.6) is 5.75 Å². The lowest BCUT2D eigenvalue weighted by Gasteiger charge is -2.13. The van der Waals surface area contributed by atoms with Crippen LogP contribution in [0.15, 0.2) is 42.5 Å². The van der Waals surface area contributed by atoms with Gasteiger partial charge in [-0.15, -0.1) is 0 Å². The van der Waals surface area contributed by atoms with Gasteiger partial charge in [0.2, 0.25) is 0 Å². The summed E-state index contributed by atoms with van der Waals surface area (Å²) in [5, 5.41) is 3.80. The molecule has 2 aromatic carbocycles. The van der Waals surface area contributed by atoms with Gasteiger partial charge in [-0.2, -0.15) is 0 Å². The first-order valence-electron chi connectivity index (χ1n) is 6.80. The monoisotopic (exact) mass is 350 g/mol. The molecule has 0 aliphatic carbocycles. The minimum Gasteiger partial charge on any atom is -0.481 e. The molecule has 1 amide bonds. The Bertz CT molecular complexity index is 851. The Balaban J connectivity index is 1.68. The van der Waals surface area contributed by atoms with Crippen molar-refractivity contribution in [2.45, 2.75) is 13.0 Å². The number of hydrogen-bond acceptors (Lipinski definition) is 4. The molecule has 0 bridgehead atoms. The number of benzene rings is 2. The zero-order valence-electron chi connectivity index (χ0n) is 12.0. The standard InChI is InChI=1S/C16H12ClFN2O2S/c1-9(22-12-5-3-11(18)4-6-12)15(21)20-16-19-13-7-2-10(17)8-14(13)23-16/h2-9H,1H3,(H,19,20,21)/t9-/m1/s1. The van der Waals surface area contributed by atoms with Crippen molar-refractivity contribution in [1.82, 2.24) is 4.98 Å². The number of carbonyl (C=O) groups excluding carboxylic acids is 1. The van der Waals surface area contributed by atoms with Gasteiger partial charge in [-0.1, -0.05) is 22.9 Å². The minimum absolute atomic E-state index is 0.334. The van der Waals surface area contributed by atoms with Gasteiger partial charge in [-0.3, -0.25) is 10.1 Å². The van der Waals surface area contributed by atoms with E-state index in [1.165, 1.54) is 35.6 Å².